The van der Waals surface area contributed by atoms with Crippen molar-refractivity contribution in [2.24, 2.45) is 17.8 Å². The summed E-state index contributed by atoms with van der Waals surface area (Å²) in [6, 6.07) is 1.78. The van der Waals surface area contributed by atoms with Crippen LogP contribution in [0.3, 0.4) is 0 Å². The number of thiophene rings is 1. The van der Waals surface area contributed by atoms with Gasteiger partial charge in [-0.1, -0.05) is 41.5 Å². The molecule has 1 rings (SSSR count). The summed E-state index contributed by atoms with van der Waals surface area (Å²) in [6.07, 6.45) is 0.826. The van der Waals surface area contributed by atoms with Crippen LogP contribution in [0.1, 0.15) is 66.4 Å². The van der Waals surface area contributed by atoms with Crippen molar-refractivity contribution < 1.29 is 19.1 Å². The van der Waals surface area contributed by atoms with Crippen LogP contribution in [0.15, 0.2) is 6.07 Å². The fraction of sp³-hybridized carbons (Fsp3) is 0.667. The predicted molar refractivity (Wildman–Crippen MR) is 93.1 cm³/mol. The van der Waals surface area contributed by atoms with Crippen LogP contribution in [0.25, 0.3) is 0 Å². The van der Waals surface area contributed by atoms with Crippen molar-refractivity contribution in [1.29, 1.82) is 0 Å². The van der Waals surface area contributed by atoms with E-state index in [9.17, 15) is 9.59 Å². The molecular weight excluding hydrogens is 312 g/mol. The quantitative estimate of drug-likeness (QED) is 0.650. The topological polar surface area (TPSA) is 52.6 Å². The van der Waals surface area contributed by atoms with Crippen molar-refractivity contribution in [3.63, 3.8) is 0 Å². The predicted octanol–water partition coefficient (Wildman–Crippen LogP) is 4.57. The van der Waals surface area contributed by atoms with Crippen molar-refractivity contribution in [3.8, 4) is 0 Å². The normalized spacial score (nSPS) is 11.3. The van der Waals surface area contributed by atoms with E-state index in [1.54, 1.807) is 6.07 Å². The Labute approximate surface area is 143 Å². The third-order valence-electron chi connectivity index (χ3n) is 2.89. The lowest BCUT2D eigenvalue weighted by Crippen LogP contribution is -2.15. The van der Waals surface area contributed by atoms with Crippen molar-refractivity contribution >= 4 is 23.3 Å². The highest BCUT2D eigenvalue weighted by Crippen LogP contribution is 2.27. The summed E-state index contributed by atoms with van der Waals surface area (Å²) >= 11 is 1.33. The fourth-order valence-corrected chi connectivity index (χ4v) is 3.13. The van der Waals surface area contributed by atoms with Gasteiger partial charge in [-0.3, -0.25) is 0 Å². The monoisotopic (exact) mass is 340 g/mol. The lowest BCUT2D eigenvalue weighted by atomic mass is 10.1. The third-order valence-corrected chi connectivity index (χ3v) is 4.03. The zero-order chi connectivity index (χ0) is 17.6. The molecule has 0 aromatic carbocycles. The van der Waals surface area contributed by atoms with Gasteiger partial charge in [0.1, 0.15) is 4.88 Å². The molecule has 23 heavy (non-hydrogen) atoms. The number of hydrogen-bond donors (Lipinski definition) is 0. The minimum atomic E-state index is -0.443. The standard InChI is InChI=1S/C18H28O4S/c1-11(2)7-14-8-15(17(19)21-9-12(3)4)16(23-14)18(20)22-10-13(5)6/h8,11-13H,7,9-10H2,1-6H3. The lowest BCUT2D eigenvalue weighted by Gasteiger charge is -2.09. The van der Waals surface area contributed by atoms with E-state index in [1.807, 2.05) is 27.7 Å². The lowest BCUT2D eigenvalue weighted by molar-refractivity contribution is 0.0417. The molecule has 1 heterocycles. The van der Waals surface area contributed by atoms with Crippen LogP contribution >= 0.6 is 11.3 Å². The van der Waals surface area contributed by atoms with Gasteiger partial charge >= 0.3 is 11.9 Å². The molecule has 0 amide bonds. The first-order valence-electron chi connectivity index (χ1n) is 8.17. The number of rotatable bonds is 8. The summed E-state index contributed by atoms with van der Waals surface area (Å²) in [5.74, 6) is 0.0822. The summed E-state index contributed by atoms with van der Waals surface area (Å²) in [4.78, 5) is 25.9. The zero-order valence-electron chi connectivity index (χ0n) is 15.0. The molecule has 130 valence electrons. The molecule has 0 aliphatic carbocycles. The molecule has 0 saturated heterocycles. The van der Waals surface area contributed by atoms with E-state index in [2.05, 4.69) is 13.8 Å². The van der Waals surface area contributed by atoms with Gasteiger partial charge in [0.05, 0.1) is 18.8 Å². The van der Waals surface area contributed by atoms with Crippen LogP contribution in [0.4, 0.5) is 0 Å². The summed E-state index contributed by atoms with van der Waals surface area (Å²) in [5.41, 5.74) is 0.333. The second-order valence-electron chi connectivity index (χ2n) is 7.04. The average Bonchev–Trinajstić information content (AvgIpc) is 2.85. The Morgan fingerprint density at radius 1 is 0.913 bits per heavy atom. The molecule has 0 aliphatic rings. The van der Waals surface area contributed by atoms with Crippen molar-refractivity contribution in [3.05, 3.63) is 21.4 Å². The number of hydrogen-bond acceptors (Lipinski definition) is 5. The largest absolute Gasteiger partial charge is 0.462 e. The van der Waals surface area contributed by atoms with E-state index >= 15 is 0 Å². The van der Waals surface area contributed by atoms with Gasteiger partial charge in [0.25, 0.3) is 0 Å². The first kappa shape index (κ1) is 19.7. The van der Waals surface area contributed by atoms with E-state index < -0.39 is 11.9 Å². The molecule has 0 atom stereocenters. The maximum Gasteiger partial charge on any atom is 0.349 e. The molecule has 0 N–H and O–H groups in total. The van der Waals surface area contributed by atoms with Gasteiger partial charge in [0.15, 0.2) is 0 Å². The van der Waals surface area contributed by atoms with Crippen LogP contribution in [-0.2, 0) is 15.9 Å². The zero-order valence-corrected chi connectivity index (χ0v) is 15.8. The number of ether oxygens (including phenoxy) is 2. The Morgan fingerprint density at radius 2 is 1.43 bits per heavy atom. The first-order chi connectivity index (χ1) is 10.7. The highest BCUT2D eigenvalue weighted by molar-refractivity contribution is 7.14. The maximum absolute atomic E-state index is 12.3. The van der Waals surface area contributed by atoms with E-state index in [-0.39, 0.29) is 11.8 Å². The third kappa shape index (κ3) is 6.73. The summed E-state index contributed by atoms with van der Waals surface area (Å²) in [7, 11) is 0. The van der Waals surface area contributed by atoms with Crippen molar-refractivity contribution in [1.82, 2.24) is 0 Å². The van der Waals surface area contributed by atoms with Gasteiger partial charge in [-0.25, -0.2) is 9.59 Å². The van der Waals surface area contributed by atoms with Gasteiger partial charge in [-0.15, -0.1) is 11.3 Å². The first-order valence-corrected chi connectivity index (χ1v) is 8.99. The molecular formula is C18H28O4S. The molecule has 0 spiro atoms. The van der Waals surface area contributed by atoms with Crippen molar-refractivity contribution in [2.75, 3.05) is 13.2 Å². The second kappa shape index (κ2) is 9.06. The minimum Gasteiger partial charge on any atom is -0.462 e. The van der Waals surface area contributed by atoms with Gasteiger partial charge in [-0.2, -0.15) is 0 Å². The Balaban J connectivity index is 2.97. The molecule has 0 aliphatic heterocycles. The Hall–Kier alpha value is -1.36. The maximum atomic E-state index is 12.3. The average molecular weight is 340 g/mol. The molecule has 0 radical (unpaired) electrons. The van der Waals surface area contributed by atoms with Crippen LogP contribution < -0.4 is 0 Å². The number of carbonyl (C=O) groups excluding carboxylic acids is 2. The minimum absolute atomic E-state index is 0.254. The Bertz CT molecular complexity index is 488. The van der Waals surface area contributed by atoms with E-state index in [0.29, 0.717) is 29.6 Å². The van der Waals surface area contributed by atoms with Crippen LogP contribution in [0, 0.1) is 17.8 Å². The second-order valence-corrected chi connectivity index (χ2v) is 8.17. The SMILES string of the molecule is CC(C)COC(=O)c1cc(CC(C)C)sc1C(=O)OCC(C)C. The molecule has 1 aromatic heterocycles. The molecule has 4 nitrogen and oxygen atoms in total. The van der Waals surface area contributed by atoms with Crippen molar-refractivity contribution in [2.45, 2.75) is 48.0 Å². The Kier molecular flexibility index (Phi) is 7.76. The van der Waals surface area contributed by atoms with E-state index in [1.165, 1.54) is 11.3 Å². The highest BCUT2D eigenvalue weighted by Gasteiger charge is 2.24. The number of esters is 2. The van der Waals surface area contributed by atoms with Crippen LogP contribution in [0.5, 0.6) is 0 Å². The van der Waals surface area contributed by atoms with Crippen LogP contribution in [-0.4, -0.2) is 25.2 Å². The summed E-state index contributed by atoms with van der Waals surface area (Å²) in [5, 5.41) is 0. The van der Waals surface area contributed by atoms with Gasteiger partial charge < -0.3 is 9.47 Å². The van der Waals surface area contributed by atoms with Gasteiger partial charge in [0.2, 0.25) is 0 Å². The van der Waals surface area contributed by atoms with Crippen LogP contribution in [0.2, 0.25) is 0 Å². The Morgan fingerprint density at radius 3 is 1.91 bits per heavy atom. The summed E-state index contributed by atoms with van der Waals surface area (Å²) < 4.78 is 10.6. The number of carbonyl (C=O) groups is 2. The van der Waals surface area contributed by atoms with Gasteiger partial charge in [-0.05, 0) is 30.2 Å². The highest BCUT2D eigenvalue weighted by atomic mass is 32.1. The molecule has 1 aromatic rings. The molecule has 5 heteroatoms. The molecule has 0 saturated carbocycles. The fourth-order valence-electron chi connectivity index (χ4n) is 1.88. The van der Waals surface area contributed by atoms with Gasteiger partial charge in [0, 0.05) is 4.88 Å². The molecule has 0 unspecified atom stereocenters. The van der Waals surface area contributed by atoms with E-state index in [4.69, 9.17) is 9.47 Å². The summed E-state index contributed by atoms with van der Waals surface area (Å²) in [6.45, 7) is 12.8. The molecule has 0 bridgehead atoms. The smallest absolute Gasteiger partial charge is 0.349 e. The van der Waals surface area contributed by atoms with E-state index in [0.717, 1.165) is 11.3 Å². The molecule has 0 fully saturated rings.